The molecule has 0 saturated heterocycles. The van der Waals surface area contributed by atoms with Gasteiger partial charge in [-0.15, -0.1) is 12.4 Å². The molecule has 0 radical (unpaired) electrons. The maximum absolute atomic E-state index is 5.37. The summed E-state index contributed by atoms with van der Waals surface area (Å²) >= 11 is 0. The molecule has 0 unspecified atom stereocenters. The summed E-state index contributed by atoms with van der Waals surface area (Å²) < 4.78 is 21.3. The zero-order valence-electron chi connectivity index (χ0n) is 14.9. The summed E-state index contributed by atoms with van der Waals surface area (Å²) in [4.78, 5) is 8.64. The molecule has 26 heavy (non-hydrogen) atoms. The van der Waals surface area contributed by atoms with Gasteiger partial charge in [-0.25, -0.2) is 9.97 Å². The highest BCUT2D eigenvalue weighted by atomic mass is 35.5. The van der Waals surface area contributed by atoms with Gasteiger partial charge in [0.15, 0.2) is 11.5 Å². The predicted octanol–water partition coefficient (Wildman–Crippen LogP) is 3.83. The minimum absolute atomic E-state index is 0. The molecular weight excluding hydrogens is 358 g/mol. The molecule has 1 N–H and O–H groups in total. The van der Waals surface area contributed by atoms with E-state index in [0.717, 1.165) is 16.6 Å². The van der Waals surface area contributed by atoms with Gasteiger partial charge in [0.1, 0.15) is 23.6 Å². The number of methoxy groups -OCH3 is 4. The molecule has 1 heterocycles. The number of ether oxygens (including phenoxy) is 4. The zero-order chi connectivity index (χ0) is 17.8. The van der Waals surface area contributed by atoms with Gasteiger partial charge in [-0.05, 0) is 6.07 Å². The molecule has 3 aromatic rings. The van der Waals surface area contributed by atoms with Gasteiger partial charge in [-0.1, -0.05) is 0 Å². The largest absolute Gasteiger partial charge is 0.497 e. The Hall–Kier alpha value is -2.93. The molecule has 8 heteroatoms. The topological polar surface area (TPSA) is 74.7 Å². The van der Waals surface area contributed by atoms with Crippen LogP contribution in [0.5, 0.6) is 23.0 Å². The van der Waals surface area contributed by atoms with Crippen LogP contribution < -0.4 is 24.3 Å². The van der Waals surface area contributed by atoms with E-state index in [1.54, 1.807) is 34.5 Å². The van der Waals surface area contributed by atoms with Crippen LogP contribution in [0.2, 0.25) is 0 Å². The summed E-state index contributed by atoms with van der Waals surface area (Å²) in [5, 5.41) is 4.09. The molecule has 0 aliphatic rings. The molecule has 1 aromatic heterocycles. The summed E-state index contributed by atoms with van der Waals surface area (Å²) in [6.45, 7) is 0. The van der Waals surface area contributed by atoms with Crippen molar-refractivity contribution in [3.8, 4) is 23.0 Å². The van der Waals surface area contributed by atoms with E-state index < -0.39 is 0 Å². The lowest BCUT2D eigenvalue weighted by Crippen LogP contribution is -1.99. The number of benzene rings is 2. The second-order valence-electron chi connectivity index (χ2n) is 5.17. The highest BCUT2D eigenvalue weighted by Gasteiger charge is 2.12. The van der Waals surface area contributed by atoms with Crippen molar-refractivity contribution >= 4 is 34.8 Å². The minimum atomic E-state index is 0. The number of nitrogens with zero attached hydrogens (tertiary/aromatic N) is 2. The molecule has 0 bridgehead atoms. The van der Waals surface area contributed by atoms with Crippen molar-refractivity contribution in [1.29, 1.82) is 0 Å². The fraction of sp³-hybridized carbons (Fsp3) is 0.222. The Labute approximate surface area is 157 Å². The Balaban J connectivity index is 0.00000243. The molecule has 0 aliphatic heterocycles. The number of rotatable bonds is 6. The van der Waals surface area contributed by atoms with Gasteiger partial charge in [0.25, 0.3) is 0 Å². The fourth-order valence-electron chi connectivity index (χ4n) is 2.50. The third kappa shape index (κ3) is 3.83. The van der Waals surface area contributed by atoms with Crippen LogP contribution in [0.3, 0.4) is 0 Å². The summed E-state index contributed by atoms with van der Waals surface area (Å²) in [5.74, 6) is 3.22. The van der Waals surface area contributed by atoms with Crippen molar-refractivity contribution < 1.29 is 18.9 Å². The molecule has 2 aromatic carbocycles. The Bertz CT molecular complexity index is 883. The number of nitrogens with one attached hydrogen (secondary N) is 1. The van der Waals surface area contributed by atoms with Crippen molar-refractivity contribution in [3.63, 3.8) is 0 Å². The van der Waals surface area contributed by atoms with Gasteiger partial charge in [-0.2, -0.15) is 0 Å². The van der Waals surface area contributed by atoms with Crippen LogP contribution in [-0.4, -0.2) is 38.4 Å². The van der Waals surface area contributed by atoms with Crippen LogP contribution in [0.1, 0.15) is 0 Å². The van der Waals surface area contributed by atoms with Crippen LogP contribution in [0.4, 0.5) is 11.5 Å². The molecule has 7 nitrogen and oxygen atoms in total. The van der Waals surface area contributed by atoms with Crippen LogP contribution in [0, 0.1) is 0 Å². The third-order valence-electron chi connectivity index (χ3n) is 3.75. The summed E-state index contributed by atoms with van der Waals surface area (Å²) in [5.41, 5.74) is 1.52. The first-order chi connectivity index (χ1) is 12.2. The number of anilines is 2. The molecule has 0 saturated carbocycles. The lowest BCUT2D eigenvalue weighted by Gasteiger charge is -2.13. The quantitative estimate of drug-likeness (QED) is 0.699. The summed E-state index contributed by atoms with van der Waals surface area (Å²) in [6, 6.07) is 9.17. The molecular formula is C18H20ClN3O4. The molecule has 0 fully saturated rings. The molecule has 0 amide bonds. The van der Waals surface area contributed by atoms with Crippen molar-refractivity contribution in [2.24, 2.45) is 0 Å². The first kappa shape index (κ1) is 19.4. The van der Waals surface area contributed by atoms with Gasteiger partial charge in [0.2, 0.25) is 0 Å². The second-order valence-corrected chi connectivity index (χ2v) is 5.17. The molecule has 0 spiro atoms. The zero-order valence-corrected chi connectivity index (χ0v) is 15.7. The van der Waals surface area contributed by atoms with Gasteiger partial charge < -0.3 is 24.3 Å². The highest BCUT2D eigenvalue weighted by molar-refractivity contribution is 5.93. The fourth-order valence-corrected chi connectivity index (χ4v) is 2.50. The first-order valence-corrected chi connectivity index (χ1v) is 7.55. The van der Waals surface area contributed by atoms with E-state index >= 15 is 0 Å². The molecule has 0 atom stereocenters. The third-order valence-corrected chi connectivity index (χ3v) is 3.75. The first-order valence-electron chi connectivity index (χ1n) is 7.55. The lowest BCUT2D eigenvalue weighted by atomic mass is 10.2. The average Bonchev–Trinajstić information content (AvgIpc) is 2.66. The monoisotopic (exact) mass is 377 g/mol. The van der Waals surface area contributed by atoms with E-state index in [1.807, 2.05) is 24.3 Å². The minimum Gasteiger partial charge on any atom is -0.497 e. The van der Waals surface area contributed by atoms with Crippen molar-refractivity contribution in [3.05, 3.63) is 36.7 Å². The van der Waals surface area contributed by atoms with Crippen LogP contribution in [-0.2, 0) is 0 Å². The van der Waals surface area contributed by atoms with E-state index in [9.17, 15) is 0 Å². The van der Waals surface area contributed by atoms with Gasteiger partial charge in [0.05, 0.1) is 34.0 Å². The standard InChI is InChI=1S/C18H19N3O4.ClH/c1-22-12-5-11(6-13(7-12)23-2)21-18-14-8-16(24-3)17(25-4)9-15(14)19-10-20-18;/h5-10H,1-4H3,(H,19,20,21);1H. The lowest BCUT2D eigenvalue weighted by molar-refractivity contribution is 0.356. The number of hydrogen-bond acceptors (Lipinski definition) is 7. The van der Waals surface area contributed by atoms with Gasteiger partial charge >= 0.3 is 0 Å². The Morgan fingerprint density at radius 1 is 0.731 bits per heavy atom. The van der Waals surface area contributed by atoms with E-state index in [-0.39, 0.29) is 12.4 Å². The van der Waals surface area contributed by atoms with Crippen molar-refractivity contribution in [2.45, 2.75) is 0 Å². The maximum atomic E-state index is 5.37. The van der Waals surface area contributed by atoms with Crippen LogP contribution in [0.25, 0.3) is 10.9 Å². The van der Waals surface area contributed by atoms with Crippen LogP contribution in [0.15, 0.2) is 36.7 Å². The van der Waals surface area contributed by atoms with Crippen molar-refractivity contribution in [2.75, 3.05) is 33.8 Å². The normalized spacial score (nSPS) is 10.0. The Morgan fingerprint density at radius 2 is 1.35 bits per heavy atom. The Kier molecular flexibility index (Phi) is 6.30. The van der Waals surface area contributed by atoms with E-state index in [2.05, 4.69) is 15.3 Å². The molecule has 3 rings (SSSR count). The average molecular weight is 378 g/mol. The van der Waals surface area contributed by atoms with E-state index in [0.29, 0.717) is 28.8 Å². The summed E-state index contributed by atoms with van der Waals surface area (Å²) in [7, 11) is 6.39. The van der Waals surface area contributed by atoms with Crippen LogP contribution >= 0.6 is 12.4 Å². The smallest absolute Gasteiger partial charge is 0.162 e. The van der Waals surface area contributed by atoms with Crippen molar-refractivity contribution in [1.82, 2.24) is 9.97 Å². The maximum Gasteiger partial charge on any atom is 0.162 e. The van der Waals surface area contributed by atoms with Gasteiger partial charge in [0, 0.05) is 35.3 Å². The van der Waals surface area contributed by atoms with Gasteiger partial charge in [-0.3, -0.25) is 0 Å². The van der Waals surface area contributed by atoms with E-state index in [1.165, 1.54) is 6.33 Å². The number of aromatic nitrogens is 2. The number of hydrogen-bond donors (Lipinski definition) is 1. The second kappa shape index (κ2) is 8.44. The Morgan fingerprint density at radius 3 is 1.92 bits per heavy atom. The number of halogens is 1. The highest BCUT2D eigenvalue weighted by Crippen LogP contribution is 2.35. The SMILES string of the molecule is COc1cc(Nc2ncnc3cc(OC)c(OC)cc23)cc(OC)c1.Cl. The summed E-state index contributed by atoms with van der Waals surface area (Å²) in [6.07, 6.45) is 1.49. The number of fused-ring (bicyclic) bond motifs is 1. The van der Waals surface area contributed by atoms with E-state index in [4.69, 9.17) is 18.9 Å². The molecule has 0 aliphatic carbocycles. The predicted molar refractivity (Wildman–Crippen MR) is 103 cm³/mol. The molecule has 138 valence electrons.